The number of carbonyl (C=O) groups excluding carboxylic acids is 2. The molecule has 0 bridgehead atoms. The summed E-state index contributed by atoms with van der Waals surface area (Å²) in [6.07, 6.45) is 1.16. The summed E-state index contributed by atoms with van der Waals surface area (Å²) in [5.41, 5.74) is 1.21. The highest BCUT2D eigenvalue weighted by molar-refractivity contribution is 6.17. The molecule has 0 aromatic heterocycles. The summed E-state index contributed by atoms with van der Waals surface area (Å²) >= 11 is 0. The summed E-state index contributed by atoms with van der Waals surface area (Å²) in [4.78, 5) is 27.0. The van der Waals surface area contributed by atoms with E-state index in [2.05, 4.69) is 5.32 Å². The lowest BCUT2D eigenvalue weighted by Crippen LogP contribution is -2.37. The number of rotatable bonds is 5. The standard InChI is InChI=1S/C16H18FN3O4/c17-11-1-2-14(19-4-7-24-8-5-19)12(9-11)18-13-10-15(22)20(3-6-21)16(13)23/h1-2,9-10,18,21H,3-8H2. The van der Waals surface area contributed by atoms with Gasteiger partial charge in [-0.1, -0.05) is 0 Å². The maximum absolute atomic E-state index is 13.7. The van der Waals surface area contributed by atoms with Gasteiger partial charge in [0.15, 0.2) is 0 Å². The Morgan fingerprint density at radius 2 is 2.00 bits per heavy atom. The van der Waals surface area contributed by atoms with Crippen LogP contribution >= 0.6 is 0 Å². The van der Waals surface area contributed by atoms with E-state index in [0.717, 1.165) is 16.7 Å². The predicted molar refractivity (Wildman–Crippen MR) is 84.9 cm³/mol. The SMILES string of the molecule is O=C1C=C(Nc2cc(F)ccc2N2CCOCC2)C(=O)N1CCO. The number of anilines is 2. The van der Waals surface area contributed by atoms with Crippen molar-refractivity contribution >= 4 is 23.2 Å². The highest BCUT2D eigenvalue weighted by Crippen LogP contribution is 2.30. The smallest absolute Gasteiger partial charge is 0.277 e. The quantitative estimate of drug-likeness (QED) is 0.754. The average Bonchev–Trinajstić information content (AvgIpc) is 2.84. The fourth-order valence-electron chi connectivity index (χ4n) is 2.74. The lowest BCUT2D eigenvalue weighted by Gasteiger charge is -2.30. The molecule has 0 unspecified atom stereocenters. The van der Waals surface area contributed by atoms with Crippen LogP contribution in [0.25, 0.3) is 0 Å². The van der Waals surface area contributed by atoms with Crippen molar-refractivity contribution in [1.29, 1.82) is 0 Å². The fourth-order valence-corrected chi connectivity index (χ4v) is 2.74. The Morgan fingerprint density at radius 3 is 2.71 bits per heavy atom. The monoisotopic (exact) mass is 335 g/mol. The lowest BCUT2D eigenvalue weighted by molar-refractivity contribution is -0.137. The number of imide groups is 1. The Kier molecular flexibility index (Phi) is 4.77. The molecule has 128 valence electrons. The molecule has 0 spiro atoms. The Labute approximate surface area is 138 Å². The minimum atomic E-state index is -0.536. The predicted octanol–water partition coefficient (Wildman–Crippen LogP) is 0.319. The number of aliphatic hydroxyl groups excluding tert-OH is 1. The van der Waals surface area contributed by atoms with Crippen LogP contribution in [-0.2, 0) is 14.3 Å². The zero-order valence-corrected chi connectivity index (χ0v) is 13.0. The number of nitrogens with one attached hydrogen (secondary N) is 1. The molecule has 1 fully saturated rings. The van der Waals surface area contributed by atoms with Crippen molar-refractivity contribution in [3.05, 3.63) is 35.8 Å². The number of amides is 2. The Morgan fingerprint density at radius 1 is 1.25 bits per heavy atom. The lowest BCUT2D eigenvalue weighted by atomic mass is 10.2. The first-order valence-electron chi connectivity index (χ1n) is 7.68. The number of β-amino-alcohol motifs (C(OH)–C–C–N with tert-alkyl or cyclic N) is 1. The molecule has 7 nitrogen and oxygen atoms in total. The largest absolute Gasteiger partial charge is 0.395 e. The van der Waals surface area contributed by atoms with Crippen molar-refractivity contribution < 1.29 is 23.8 Å². The molecule has 1 aromatic rings. The van der Waals surface area contributed by atoms with Crippen molar-refractivity contribution in [1.82, 2.24) is 4.90 Å². The van der Waals surface area contributed by atoms with E-state index in [1.807, 2.05) is 4.90 Å². The van der Waals surface area contributed by atoms with Gasteiger partial charge in [0.25, 0.3) is 11.8 Å². The number of benzene rings is 1. The molecule has 2 aliphatic rings. The van der Waals surface area contributed by atoms with Crippen LogP contribution in [0, 0.1) is 5.82 Å². The highest BCUT2D eigenvalue weighted by Gasteiger charge is 2.31. The maximum Gasteiger partial charge on any atom is 0.277 e. The zero-order valence-electron chi connectivity index (χ0n) is 13.0. The molecule has 8 heteroatoms. The summed E-state index contributed by atoms with van der Waals surface area (Å²) in [6.45, 7) is 2.07. The summed E-state index contributed by atoms with van der Waals surface area (Å²) < 4.78 is 19.0. The second-order valence-corrected chi connectivity index (χ2v) is 5.46. The van der Waals surface area contributed by atoms with Gasteiger partial charge in [0, 0.05) is 19.2 Å². The van der Waals surface area contributed by atoms with Crippen LogP contribution in [-0.4, -0.2) is 61.3 Å². The van der Waals surface area contributed by atoms with Gasteiger partial charge in [-0.2, -0.15) is 0 Å². The van der Waals surface area contributed by atoms with Gasteiger partial charge in [0.2, 0.25) is 0 Å². The van der Waals surface area contributed by atoms with Gasteiger partial charge in [-0.05, 0) is 18.2 Å². The molecular formula is C16H18FN3O4. The van der Waals surface area contributed by atoms with E-state index in [1.165, 1.54) is 12.1 Å². The Balaban J connectivity index is 1.84. The van der Waals surface area contributed by atoms with Gasteiger partial charge in [-0.3, -0.25) is 14.5 Å². The third-order valence-electron chi connectivity index (χ3n) is 3.91. The van der Waals surface area contributed by atoms with E-state index < -0.39 is 17.6 Å². The van der Waals surface area contributed by atoms with Crippen LogP contribution in [0.4, 0.5) is 15.8 Å². The Bertz CT molecular complexity index is 686. The Hall–Kier alpha value is -2.45. The molecule has 0 saturated carbocycles. The number of aliphatic hydroxyl groups is 1. The summed E-state index contributed by atoms with van der Waals surface area (Å²) in [7, 11) is 0. The van der Waals surface area contributed by atoms with Crippen molar-refractivity contribution in [2.45, 2.75) is 0 Å². The average molecular weight is 335 g/mol. The number of nitrogens with zero attached hydrogens (tertiary/aromatic N) is 2. The highest BCUT2D eigenvalue weighted by atomic mass is 19.1. The van der Waals surface area contributed by atoms with Crippen LogP contribution in [0.5, 0.6) is 0 Å². The van der Waals surface area contributed by atoms with Crippen LogP contribution in [0.2, 0.25) is 0 Å². The van der Waals surface area contributed by atoms with E-state index in [1.54, 1.807) is 6.07 Å². The minimum absolute atomic E-state index is 0.0635. The van der Waals surface area contributed by atoms with E-state index in [4.69, 9.17) is 9.84 Å². The molecule has 0 aliphatic carbocycles. The molecule has 2 aliphatic heterocycles. The first-order valence-corrected chi connectivity index (χ1v) is 7.68. The first kappa shape index (κ1) is 16.4. The van der Waals surface area contributed by atoms with Crippen LogP contribution in [0.15, 0.2) is 30.0 Å². The molecule has 1 saturated heterocycles. The van der Waals surface area contributed by atoms with Crippen LogP contribution in [0.1, 0.15) is 0 Å². The van der Waals surface area contributed by atoms with E-state index >= 15 is 0 Å². The van der Waals surface area contributed by atoms with Gasteiger partial charge in [-0.15, -0.1) is 0 Å². The maximum atomic E-state index is 13.7. The normalized spacial score (nSPS) is 18.2. The molecular weight excluding hydrogens is 317 g/mol. The van der Waals surface area contributed by atoms with Gasteiger partial charge in [0.05, 0.1) is 37.7 Å². The topological polar surface area (TPSA) is 82.1 Å². The number of carbonyl (C=O) groups is 2. The number of ether oxygens (including phenoxy) is 1. The third kappa shape index (κ3) is 3.24. The molecule has 2 N–H and O–H groups in total. The molecule has 2 heterocycles. The van der Waals surface area contributed by atoms with Crippen molar-refractivity contribution in [3.8, 4) is 0 Å². The summed E-state index contributed by atoms with van der Waals surface area (Å²) in [6, 6.07) is 4.28. The van der Waals surface area contributed by atoms with Gasteiger partial charge in [-0.25, -0.2) is 4.39 Å². The third-order valence-corrected chi connectivity index (χ3v) is 3.91. The van der Waals surface area contributed by atoms with E-state index in [9.17, 15) is 14.0 Å². The van der Waals surface area contributed by atoms with Crippen molar-refractivity contribution in [3.63, 3.8) is 0 Å². The van der Waals surface area contributed by atoms with E-state index in [0.29, 0.717) is 32.0 Å². The van der Waals surface area contributed by atoms with Gasteiger partial charge in [0.1, 0.15) is 11.5 Å². The molecule has 1 aromatic carbocycles. The summed E-state index contributed by atoms with van der Waals surface area (Å²) in [5, 5.41) is 11.8. The number of hydrogen-bond acceptors (Lipinski definition) is 6. The fraction of sp³-hybridized carbons (Fsp3) is 0.375. The second kappa shape index (κ2) is 6.98. The number of hydrogen-bond donors (Lipinski definition) is 2. The number of morpholine rings is 1. The van der Waals surface area contributed by atoms with Crippen molar-refractivity contribution in [2.24, 2.45) is 0 Å². The zero-order chi connectivity index (χ0) is 17.1. The molecule has 0 atom stereocenters. The molecule has 2 amide bonds. The van der Waals surface area contributed by atoms with Gasteiger partial charge < -0.3 is 20.1 Å². The van der Waals surface area contributed by atoms with Gasteiger partial charge >= 0.3 is 0 Å². The summed E-state index contributed by atoms with van der Waals surface area (Å²) in [5.74, 6) is -1.48. The molecule has 24 heavy (non-hydrogen) atoms. The number of halogens is 1. The molecule has 0 radical (unpaired) electrons. The van der Waals surface area contributed by atoms with Crippen LogP contribution < -0.4 is 10.2 Å². The molecule has 3 rings (SSSR count). The van der Waals surface area contributed by atoms with Crippen LogP contribution in [0.3, 0.4) is 0 Å². The second-order valence-electron chi connectivity index (χ2n) is 5.46. The minimum Gasteiger partial charge on any atom is -0.395 e. The van der Waals surface area contributed by atoms with E-state index in [-0.39, 0.29) is 18.8 Å². The first-order chi connectivity index (χ1) is 11.6. The van der Waals surface area contributed by atoms with Crippen molar-refractivity contribution in [2.75, 3.05) is 49.7 Å².